The lowest BCUT2D eigenvalue weighted by Crippen LogP contribution is -2.30. The highest BCUT2D eigenvalue weighted by molar-refractivity contribution is 6.13. The Kier molecular flexibility index (Phi) is 3.22. The van der Waals surface area contributed by atoms with Crippen LogP contribution in [-0.4, -0.2) is 4.98 Å². The van der Waals surface area contributed by atoms with Crippen LogP contribution in [0.1, 0.15) is 5.56 Å². The van der Waals surface area contributed by atoms with E-state index in [2.05, 4.69) is 102 Å². The zero-order valence-electron chi connectivity index (χ0n) is 14.9. The molecule has 0 amide bonds. The summed E-state index contributed by atoms with van der Waals surface area (Å²) in [7, 11) is 2.14. The fraction of sp³-hybridized carbons (Fsp3) is 0.0870. The molecule has 5 rings (SSSR count). The molecule has 0 aliphatic carbocycles. The van der Waals surface area contributed by atoms with Crippen molar-refractivity contribution in [1.29, 1.82) is 0 Å². The van der Waals surface area contributed by atoms with Gasteiger partial charge in [0.25, 0.3) is 0 Å². The van der Waals surface area contributed by atoms with E-state index in [1.807, 2.05) is 0 Å². The summed E-state index contributed by atoms with van der Waals surface area (Å²) in [5, 5.41) is 6.15. The van der Waals surface area contributed by atoms with Crippen molar-refractivity contribution in [3.8, 4) is 0 Å². The Balaban J connectivity index is 1.93. The Morgan fingerprint density at radius 1 is 0.808 bits per heavy atom. The fourth-order valence-electron chi connectivity index (χ4n) is 3.87. The maximum atomic E-state index is 3.70. The van der Waals surface area contributed by atoms with Gasteiger partial charge >= 0.3 is 0 Å². The first-order valence-corrected chi connectivity index (χ1v) is 8.88. The molecule has 26 heavy (non-hydrogen) atoms. The molecule has 2 N–H and O–H groups in total. The number of aromatic amines is 1. The van der Waals surface area contributed by atoms with Crippen LogP contribution in [0.2, 0.25) is 0 Å². The average molecular weight is 338 g/mol. The van der Waals surface area contributed by atoms with Crippen LogP contribution in [0.5, 0.6) is 0 Å². The first-order chi connectivity index (χ1) is 12.7. The maximum Gasteiger partial charge on any atom is 0.240 e. The average Bonchev–Trinajstić information content (AvgIpc) is 3.06. The summed E-state index contributed by atoms with van der Waals surface area (Å²) in [6.07, 6.45) is 0. The Bertz CT molecular complexity index is 1280. The smallest absolute Gasteiger partial charge is 0.240 e. The number of para-hydroxylation sites is 3. The predicted molar refractivity (Wildman–Crippen MR) is 109 cm³/mol. The monoisotopic (exact) mass is 338 g/mol. The van der Waals surface area contributed by atoms with Gasteiger partial charge in [-0.2, -0.15) is 4.57 Å². The number of pyridine rings is 1. The van der Waals surface area contributed by atoms with E-state index in [0.717, 1.165) is 22.4 Å². The van der Waals surface area contributed by atoms with E-state index in [1.165, 1.54) is 27.4 Å². The summed E-state index contributed by atoms with van der Waals surface area (Å²) in [6.45, 7) is 2.13. The molecule has 3 aromatic carbocycles. The molecule has 2 heterocycles. The molecule has 126 valence electrons. The molecule has 0 fully saturated rings. The first kappa shape index (κ1) is 15.0. The maximum absolute atomic E-state index is 3.70. The van der Waals surface area contributed by atoms with E-state index in [1.54, 1.807) is 0 Å². The molecule has 3 heteroatoms. The molecule has 0 unspecified atom stereocenters. The lowest BCUT2D eigenvalue weighted by atomic mass is 10.1. The lowest BCUT2D eigenvalue weighted by Gasteiger charge is -2.12. The van der Waals surface area contributed by atoms with Crippen molar-refractivity contribution in [1.82, 2.24) is 4.98 Å². The van der Waals surface area contributed by atoms with Crippen molar-refractivity contribution in [2.45, 2.75) is 6.92 Å². The Labute approximate surface area is 151 Å². The normalized spacial score (nSPS) is 11.5. The summed E-state index contributed by atoms with van der Waals surface area (Å²) in [5.74, 6) is 0. The van der Waals surface area contributed by atoms with Gasteiger partial charge in [0.15, 0.2) is 0 Å². The Morgan fingerprint density at radius 2 is 1.50 bits per heavy atom. The fourth-order valence-corrected chi connectivity index (χ4v) is 3.87. The van der Waals surface area contributed by atoms with Crippen LogP contribution in [0.4, 0.5) is 11.4 Å². The summed E-state index contributed by atoms with van der Waals surface area (Å²) < 4.78 is 2.28. The number of H-pyrrole nitrogens is 1. The van der Waals surface area contributed by atoms with Crippen molar-refractivity contribution >= 4 is 44.2 Å². The first-order valence-electron chi connectivity index (χ1n) is 8.88. The van der Waals surface area contributed by atoms with E-state index in [0.29, 0.717) is 0 Å². The number of aromatic nitrogens is 2. The number of fused-ring (bicyclic) bond motifs is 4. The van der Waals surface area contributed by atoms with Gasteiger partial charge in [0.05, 0.1) is 22.0 Å². The van der Waals surface area contributed by atoms with Crippen molar-refractivity contribution in [3.63, 3.8) is 0 Å². The van der Waals surface area contributed by atoms with E-state index >= 15 is 0 Å². The largest absolute Gasteiger partial charge is 0.353 e. The molecule has 5 aromatic rings. The highest BCUT2D eigenvalue weighted by Gasteiger charge is 2.22. The van der Waals surface area contributed by atoms with Crippen molar-refractivity contribution in [2.24, 2.45) is 7.05 Å². The molecular weight excluding hydrogens is 318 g/mol. The molecular formula is C23H20N3+. The number of benzene rings is 3. The van der Waals surface area contributed by atoms with Crippen LogP contribution in [0.25, 0.3) is 32.8 Å². The second kappa shape index (κ2) is 5.60. The topological polar surface area (TPSA) is 31.7 Å². The minimum atomic E-state index is 1.12. The van der Waals surface area contributed by atoms with Gasteiger partial charge in [0.1, 0.15) is 12.6 Å². The van der Waals surface area contributed by atoms with Crippen LogP contribution in [0.15, 0.2) is 72.8 Å². The zero-order chi connectivity index (χ0) is 17.7. The van der Waals surface area contributed by atoms with E-state index in [-0.39, 0.29) is 0 Å². The summed E-state index contributed by atoms with van der Waals surface area (Å²) in [5.41, 5.74) is 8.20. The quantitative estimate of drug-likeness (QED) is 0.418. The zero-order valence-corrected chi connectivity index (χ0v) is 14.9. The van der Waals surface area contributed by atoms with Gasteiger partial charge in [-0.3, -0.25) is 0 Å². The molecule has 0 aliphatic heterocycles. The lowest BCUT2D eigenvalue weighted by molar-refractivity contribution is -0.616. The van der Waals surface area contributed by atoms with Crippen LogP contribution in [-0.2, 0) is 7.05 Å². The third-order valence-corrected chi connectivity index (χ3v) is 5.20. The standard InChI is InChI=1S/C23H19N3/c1-15-9-3-6-12-18(15)24-21-17-11-5-8-14-20(17)26(2)23-16-10-4-7-13-19(16)25-22(21)23/h3-14H,1-2H3,(H,24,25)/p+1. The number of rotatable bonds is 2. The number of nitrogens with one attached hydrogen (secondary N) is 2. The van der Waals surface area contributed by atoms with Crippen molar-refractivity contribution in [2.75, 3.05) is 5.32 Å². The highest BCUT2D eigenvalue weighted by atomic mass is 15.0. The van der Waals surface area contributed by atoms with Crippen LogP contribution >= 0.6 is 0 Å². The molecule has 0 spiro atoms. The highest BCUT2D eigenvalue weighted by Crippen LogP contribution is 2.35. The third-order valence-electron chi connectivity index (χ3n) is 5.20. The summed E-state index contributed by atoms with van der Waals surface area (Å²) in [6, 6.07) is 25.5. The second-order valence-electron chi connectivity index (χ2n) is 6.79. The Morgan fingerprint density at radius 3 is 2.35 bits per heavy atom. The molecule has 3 nitrogen and oxygen atoms in total. The second-order valence-corrected chi connectivity index (χ2v) is 6.79. The van der Waals surface area contributed by atoms with Gasteiger partial charge in [-0.05, 0) is 36.8 Å². The predicted octanol–water partition coefficient (Wildman–Crippen LogP) is 5.35. The van der Waals surface area contributed by atoms with Gasteiger partial charge in [-0.1, -0.05) is 42.5 Å². The number of hydrogen-bond acceptors (Lipinski definition) is 1. The van der Waals surface area contributed by atoms with Crippen LogP contribution in [0, 0.1) is 6.92 Å². The molecule has 0 bridgehead atoms. The summed E-state index contributed by atoms with van der Waals surface area (Å²) in [4.78, 5) is 3.64. The third kappa shape index (κ3) is 2.10. The van der Waals surface area contributed by atoms with Gasteiger partial charge in [-0.25, -0.2) is 0 Å². The molecule has 0 saturated heterocycles. The Hall–Kier alpha value is -3.33. The van der Waals surface area contributed by atoms with Gasteiger partial charge < -0.3 is 10.3 Å². The van der Waals surface area contributed by atoms with E-state index in [9.17, 15) is 0 Å². The van der Waals surface area contributed by atoms with Gasteiger partial charge in [-0.15, -0.1) is 0 Å². The van der Waals surface area contributed by atoms with E-state index in [4.69, 9.17) is 0 Å². The number of nitrogens with zero attached hydrogens (tertiary/aromatic N) is 1. The van der Waals surface area contributed by atoms with Crippen LogP contribution in [0.3, 0.4) is 0 Å². The SMILES string of the molecule is Cc1ccccc1Nc1c2ccccc2[n+](C)c2c1[nH]c1ccccc12. The van der Waals surface area contributed by atoms with Crippen molar-refractivity contribution in [3.05, 3.63) is 78.4 Å². The molecule has 0 radical (unpaired) electrons. The number of aryl methyl sites for hydroxylation is 2. The molecule has 0 aliphatic rings. The minimum absolute atomic E-state index is 1.12. The number of hydrogen-bond donors (Lipinski definition) is 2. The van der Waals surface area contributed by atoms with Crippen molar-refractivity contribution < 1.29 is 4.57 Å². The van der Waals surface area contributed by atoms with Gasteiger partial charge in [0, 0.05) is 11.8 Å². The van der Waals surface area contributed by atoms with Crippen LogP contribution < -0.4 is 9.88 Å². The molecule has 0 saturated carbocycles. The number of anilines is 2. The molecule has 2 aromatic heterocycles. The van der Waals surface area contributed by atoms with Gasteiger partial charge in [0.2, 0.25) is 11.0 Å². The molecule has 0 atom stereocenters. The van der Waals surface area contributed by atoms with E-state index < -0.39 is 0 Å². The summed E-state index contributed by atoms with van der Waals surface area (Å²) >= 11 is 0. The minimum Gasteiger partial charge on any atom is -0.353 e.